The molecule has 3 nitrogen and oxygen atoms in total. The third kappa shape index (κ3) is 3.00. The molecule has 3 N–H and O–H groups in total. The van der Waals surface area contributed by atoms with Crippen molar-refractivity contribution in [3.63, 3.8) is 0 Å². The van der Waals surface area contributed by atoms with Crippen LogP contribution in [-0.2, 0) is 6.42 Å². The lowest BCUT2D eigenvalue weighted by atomic mass is 10.0. The fraction of sp³-hybridized carbons (Fsp3) is 0.700. The summed E-state index contributed by atoms with van der Waals surface area (Å²) in [6, 6.07) is 0. The summed E-state index contributed by atoms with van der Waals surface area (Å²) in [6.07, 6.45) is 5.40. The standard InChI is InChI=1S/C10H17N3.ClH/c1-10(2,11)5-9-12-6-8(13-9)7-3-4-7;/h6-7H,3-5,11H2,1-2H3,(H,12,13);1H. The smallest absolute Gasteiger partial charge is 0.108 e. The molecule has 1 saturated carbocycles. The lowest BCUT2D eigenvalue weighted by Gasteiger charge is -2.15. The number of hydrogen-bond donors (Lipinski definition) is 2. The van der Waals surface area contributed by atoms with Gasteiger partial charge in [0.1, 0.15) is 5.82 Å². The summed E-state index contributed by atoms with van der Waals surface area (Å²) < 4.78 is 0. The number of rotatable bonds is 3. The van der Waals surface area contributed by atoms with Crippen LogP contribution in [-0.4, -0.2) is 15.5 Å². The van der Waals surface area contributed by atoms with Gasteiger partial charge in [-0.25, -0.2) is 4.98 Å². The quantitative estimate of drug-likeness (QED) is 0.811. The number of aromatic amines is 1. The molecule has 1 fully saturated rings. The van der Waals surface area contributed by atoms with Crippen LogP contribution < -0.4 is 5.73 Å². The van der Waals surface area contributed by atoms with Crippen molar-refractivity contribution < 1.29 is 0 Å². The first-order valence-corrected chi connectivity index (χ1v) is 4.87. The van der Waals surface area contributed by atoms with Crippen molar-refractivity contribution in [3.8, 4) is 0 Å². The van der Waals surface area contributed by atoms with Crippen LogP contribution in [0.1, 0.15) is 44.1 Å². The van der Waals surface area contributed by atoms with E-state index in [2.05, 4.69) is 9.97 Å². The van der Waals surface area contributed by atoms with E-state index in [4.69, 9.17) is 5.73 Å². The molecule has 0 amide bonds. The van der Waals surface area contributed by atoms with Crippen LogP contribution in [0.5, 0.6) is 0 Å². The van der Waals surface area contributed by atoms with E-state index in [9.17, 15) is 0 Å². The number of hydrogen-bond acceptors (Lipinski definition) is 2. The molecule has 0 aliphatic heterocycles. The third-order valence-electron chi connectivity index (χ3n) is 2.29. The normalized spacial score (nSPS) is 16.5. The van der Waals surface area contributed by atoms with Crippen molar-refractivity contribution in [1.29, 1.82) is 0 Å². The summed E-state index contributed by atoms with van der Waals surface area (Å²) in [5.74, 6) is 1.77. The van der Waals surface area contributed by atoms with Gasteiger partial charge < -0.3 is 10.7 Å². The summed E-state index contributed by atoms with van der Waals surface area (Å²) in [5.41, 5.74) is 7.03. The van der Waals surface area contributed by atoms with Crippen LogP contribution in [0.3, 0.4) is 0 Å². The van der Waals surface area contributed by atoms with E-state index in [1.165, 1.54) is 18.5 Å². The molecule has 0 atom stereocenters. The van der Waals surface area contributed by atoms with E-state index < -0.39 is 0 Å². The molecule has 0 radical (unpaired) electrons. The average Bonchev–Trinajstić information content (AvgIpc) is 2.72. The average molecular weight is 216 g/mol. The molecule has 1 aliphatic rings. The zero-order chi connectivity index (χ0) is 9.47. The highest BCUT2D eigenvalue weighted by Crippen LogP contribution is 2.38. The van der Waals surface area contributed by atoms with E-state index in [0.717, 1.165) is 18.2 Å². The van der Waals surface area contributed by atoms with Crippen molar-refractivity contribution in [1.82, 2.24) is 9.97 Å². The first-order valence-electron chi connectivity index (χ1n) is 4.87. The molecular weight excluding hydrogens is 198 g/mol. The molecule has 2 rings (SSSR count). The van der Waals surface area contributed by atoms with Gasteiger partial charge in [-0.3, -0.25) is 0 Å². The molecule has 0 unspecified atom stereocenters. The van der Waals surface area contributed by atoms with Crippen LogP contribution >= 0.6 is 12.4 Å². The van der Waals surface area contributed by atoms with Gasteiger partial charge in [-0.05, 0) is 26.7 Å². The van der Waals surface area contributed by atoms with Gasteiger partial charge in [-0.15, -0.1) is 12.4 Å². The lowest BCUT2D eigenvalue weighted by Crippen LogP contribution is -2.34. The molecule has 1 heterocycles. The minimum Gasteiger partial charge on any atom is -0.346 e. The second-order valence-corrected chi connectivity index (χ2v) is 4.72. The SMILES string of the molecule is CC(C)(N)Cc1ncc(C2CC2)[nH]1.Cl. The van der Waals surface area contributed by atoms with E-state index in [0.29, 0.717) is 0 Å². The number of imidazole rings is 1. The Morgan fingerprint density at radius 3 is 2.71 bits per heavy atom. The van der Waals surface area contributed by atoms with E-state index in [1.807, 2.05) is 20.0 Å². The third-order valence-corrected chi connectivity index (χ3v) is 2.29. The second kappa shape index (κ2) is 3.91. The van der Waals surface area contributed by atoms with E-state index >= 15 is 0 Å². The van der Waals surface area contributed by atoms with Gasteiger partial charge in [0.05, 0.1) is 0 Å². The molecule has 1 aliphatic carbocycles. The zero-order valence-corrected chi connectivity index (χ0v) is 9.53. The Morgan fingerprint density at radius 1 is 1.57 bits per heavy atom. The first kappa shape index (κ1) is 11.5. The number of nitrogens with two attached hydrogens (primary N) is 1. The monoisotopic (exact) mass is 215 g/mol. The summed E-state index contributed by atoms with van der Waals surface area (Å²) >= 11 is 0. The number of nitrogens with one attached hydrogen (secondary N) is 1. The fourth-order valence-electron chi connectivity index (χ4n) is 1.50. The molecule has 0 saturated heterocycles. The number of halogens is 1. The predicted molar refractivity (Wildman–Crippen MR) is 59.8 cm³/mol. The Labute approximate surface area is 90.9 Å². The highest BCUT2D eigenvalue weighted by molar-refractivity contribution is 5.85. The van der Waals surface area contributed by atoms with Crippen molar-refractivity contribution in [2.24, 2.45) is 5.73 Å². The van der Waals surface area contributed by atoms with Crippen LogP contribution in [0.4, 0.5) is 0 Å². The van der Waals surface area contributed by atoms with Crippen molar-refractivity contribution in [3.05, 3.63) is 17.7 Å². The van der Waals surface area contributed by atoms with Gasteiger partial charge in [-0.2, -0.15) is 0 Å². The van der Waals surface area contributed by atoms with E-state index in [-0.39, 0.29) is 17.9 Å². The maximum absolute atomic E-state index is 5.91. The molecule has 4 heteroatoms. The van der Waals surface area contributed by atoms with Crippen LogP contribution in [0.25, 0.3) is 0 Å². The summed E-state index contributed by atoms with van der Waals surface area (Å²) in [7, 11) is 0. The zero-order valence-electron chi connectivity index (χ0n) is 8.71. The Kier molecular flexibility index (Phi) is 3.22. The molecule has 14 heavy (non-hydrogen) atoms. The summed E-state index contributed by atoms with van der Waals surface area (Å²) in [6.45, 7) is 4.04. The molecule has 1 aromatic heterocycles. The Morgan fingerprint density at radius 2 is 2.21 bits per heavy atom. The van der Waals surface area contributed by atoms with Gasteiger partial charge in [-0.1, -0.05) is 0 Å². The molecule has 0 spiro atoms. The number of nitrogens with zero attached hydrogens (tertiary/aromatic N) is 1. The molecule has 80 valence electrons. The number of H-pyrrole nitrogens is 1. The summed E-state index contributed by atoms with van der Waals surface area (Å²) in [4.78, 5) is 7.67. The predicted octanol–water partition coefficient (Wildman–Crippen LogP) is 1.99. The molecular formula is C10H18ClN3. The van der Waals surface area contributed by atoms with Crippen LogP contribution in [0, 0.1) is 0 Å². The Bertz CT molecular complexity index is 297. The topological polar surface area (TPSA) is 54.7 Å². The maximum atomic E-state index is 5.91. The largest absolute Gasteiger partial charge is 0.346 e. The minimum atomic E-state index is -0.168. The van der Waals surface area contributed by atoms with Crippen molar-refractivity contribution >= 4 is 12.4 Å². The van der Waals surface area contributed by atoms with Gasteiger partial charge in [0.2, 0.25) is 0 Å². The van der Waals surface area contributed by atoms with Gasteiger partial charge >= 0.3 is 0 Å². The highest BCUT2D eigenvalue weighted by Gasteiger charge is 2.25. The van der Waals surface area contributed by atoms with Crippen molar-refractivity contribution in [2.45, 2.75) is 44.6 Å². The van der Waals surface area contributed by atoms with E-state index in [1.54, 1.807) is 0 Å². The van der Waals surface area contributed by atoms with Crippen molar-refractivity contribution in [2.75, 3.05) is 0 Å². The lowest BCUT2D eigenvalue weighted by molar-refractivity contribution is 0.504. The molecule has 0 aromatic carbocycles. The van der Waals surface area contributed by atoms with Crippen LogP contribution in [0.15, 0.2) is 6.20 Å². The molecule has 1 aromatic rings. The summed E-state index contributed by atoms with van der Waals surface area (Å²) in [5, 5.41) is 0. The van der Waals surface area contributed by atoms with Gasteiger partial charge in [0, 0.05) is 29.8 Å². The second-order valence-electron chi connectivity index (χ2n) is 4.72. The fourth-order valence-corrected chi connectivity index (χ4v) is 1.50. The highest BCUT2D eigenvalue weighted by atomic mass is 35.5. The number of aromatic nitrogens is 2. The van der Waals surface area contributed by atoms with Gasteiger partial charge in [0.25, 0.3) is 0 Å². The molecule has 0 bridgehead atoms. The Hall–Kier alpha value is -0.540. The first-order chi connectivity index (χ1) is 6.04. The van der Waals surface area contributed by atoms with Gasteiger partial charge in [0.15, 0.2) is 0 Å². The maximum Gasteiger partial charge on any atom is 0.108 e. The minimum absolute atomic E-state index is 0. The van der Waals surface area contributed by atoms with Crippen LogP contribution in [0.2, 0.25) is 0 Å². The Balaban J connectivity index is 0.000000980.